The van der Waals surface area contributed by atoms with Gasteiger partial charge in [0.15, 0.2) is 6.10 Å². The number of carbonyl (C=O) groups is 2. The SMILES string of the molecule is CCCCCC(=O)OC[C@H](COP(=S)(OC)OCCBr)OC(=O)CCCCC. The molecule has 0 heterocycles. The highest BCUT2D eigenvalue weighted by Gasteiger charge is 2.24. The van der Waals surface area contributed by atoms with E-state index in [9.17, 15) is 9.59 Å². The average Bonchev–Trinajstić information content (AvgIpc) is 2.69. The molecule has 0 aromatic heterocycles. The number of esters is 2. The summed E-state index contributed by atoms with van der Waals surface area (Å²) in [4.78, 5) is 23.9. The molecule has 0 spiro atoms. The van der Waals surface area contributed by atoms with Crippen molar-refractivity contribution in [2.24, 2.45) is 0 Å². The van der Waals surface area contributed by atoms with Crippen LogP contribution >= 0.6 is 22.6 Å². The molecule has 0 N–H and O–H groups in total. The topological polar surface area (TPSA) is 80.3 Å². The highest BCUT2D eigenvalue weighted by Crippen LogP contribution is 2.49. The van der Waals surface area contributed by atoms with Crippen LogP contribution in [0, 0.1) is 0 Å². The average molecular weight is 505 g/mol. The van der Waals surface area contributed by atoms with Crippen LogP contribution in [0.15, 0.2) is 0 Å². The molecule has 0 saturated carbocycles. The monoisotopic (exact) mass is 504 g/mol. The van der Waals surface area contributed by atoms with Crippen molar-refractivity contribution in [2.75, 3.05) is 32.3 Å². The molecule has 0 fully saturated rings. The third-order valence-electron chi connectivity index (χ3n) is 3.67. The molecule has 10 heteroatoms. The minimum absolute atomic E-state index is 0.0604. The van der Waals surface area contributed by atoms with Gasteiger partial charge in [-0.05, 0) is 24.6 Å². The first-order valence-electron chi connectivity index (χ1n) is 9.76. The lowest BCUT2D eigenvalue weighted by molar-refractivity contribution is -0.161. The molecule has 2 atom stereocenters. The number of ether oxygens (including phenoxy) is 2. The summed E-state index contributed by atoms with van der Waals surface area (Å²) >= 11 is 8.52. The summed E-state index contributed by atoms with van der Waals surface area (Å²) < 4.78 is 26.9. The lowest BCUT2D eigenvalue weighted by Crippen LogP contribution is -2.29. The first-order chi connectivity index (χ1) is 13.4. The number of halogens is 1. The minimum atomic E-state index is -2.94. The van der Waals surface area contributed by atoms with Crippen molar-refractivity contribution in [1.82, 2.24) is 0 Å². The maximum absolute atomic E-state index is 12.0. The molecule has 1 unspecified atom stereocenters. The molecule has 166 valence electrons. The van der Waals surface area contributed by atoms with E-state index in [-0.39, 0.29) is 25.2 Å². The van der Waals surface area contributed by atoms with E-state index in [0.717, 1.165) is 38.5 Å². The van der Waals surface area contributed by atoms with Crippen LogP contribution in [0.4, 0.5) is 0 Å². The number of hydrogen-bond donors (Lipinski definition) is 0. The van der Waals surface area contributed by atoms with Gasteiger partial charge in [0.2, 0.25) is 0 Å². The maximum Gasteiger partial charge on any atom is 0.327 e. The van der Waals surface area contributed by atoms with Crippen LogP contribution in [0.2, 0.25) is 0 Å². The number of unbranched alkanes of at least 4 members (excludes halogenated alkanes) is 4. The van der Waals surface area contributed by atoms with Crippen molar-refractivity contribution in [2.45, 2.75) is 71.3 Å². The predicted molar refractivity (Wildman–Crippen MR) is 116 cm³/mol. The predicted octanol–water partition coefficient (Wildman–Crippen LogP) is 4.90. The Morgan fingerprint density at radius 1 is 0.964 bits per heavy atom. The first-order valence-corrected chi connectivity index (χ1v) is 13.4. The molecule has 0 aromatic rings. The van der Waals surface area contributed by atoms with Gasteiger partial charge in [0.05, 0.1) is 13.2 Å². The molecule has 0 rings (SSSR count). The summed E-state index contributed by atoms with van der Waals surface area (Å²) in [6, 6.07) is 0. The molecule has 28 heavy (non-hydrogen) atoms. The third kappa shape index (κ3) is 14.9. The van der Waals surface area contributed by atoms with E-state index >= 15 is 0 Å². The Kier molecular flexibility index (Phi) is 17.7. The molecule has 0 aliphatic heterocycles. The van der Waals surface area contributed by atoms with Gasteiger partial charge < -0.3 is 23.0 Å². The minimum Gasteiger partial charge on any atom is -0.462 e. The van der Waals surface area contributed by atoms with Gasteiger partial charge in [0.25, 0.3) is 0 Å². The van der Waals surface area contributed by atoms with Crippen molar-refractivity contribution >= 4 is 46.4 Å². The highest BCUT2D eigenvalue weighted by atomic mass is 79.9. The van der Waals surface area contributed by atoms with Crippen molar-refractivity contribution in [3.63, 3.8) is 0 Å². The van der Waals surface area contributed by atoms with E-state index in [0.29, 0.717) is 24.8 Å². The summed E-state index contributed by atoms with van der Waals surface area (Å²) in [6.45, 7) is 1.38. The fraction of sp³-hybridized carbons (Fsp3) is 0.889. The summed E-state index contributed by atoms with van der Waals surface area (Å²) in [5.74, 6) is -0.668. The van der Waals surface area contributed by atoms with E-state index in [1.807, 2.05) is 0 Å². The first kappa shape index (κ1) is 27.9. The standard InChI is InChI=1S/C18H34BrO7PS/c1-4-6-8-10-17(20)23-14-16(26-18(21)11-9-7-5-2)15-25-27(28,22-3)24-13-12-19/h16H,4-15H2,1-3H3/t16-,27?/m1/s1. The molecule has 0 radical (unpaired) electrons. The molecule has 0 saturated heterocycles. The Morgan fingerprint density at radius 3 is 2.11 bits per heavy atom. The van der Waals surface area contributed by atoms with Gasteiger partial charge in [-0.2, -0.15) is 0 Å². The van der Waals surface area contributed by atoms with Crippen LogP contribution in [0.3, 0.4) is 0 Å². The van der Waals surface area contributed by atoms with Crippen LogP contribution < -0.4 is 0 Å². The zero-order valence-electron chi connectivity index (χ0n) is 17.2. The molecule has 7 nitrogen and oxygen atoms in total. The number of rotatable bonds is 18. The van der Waals surface area contributed by atoms with Crippen LogP contribution in [-0.4, -0.2) is 50.3 Å². The molecule has 0 amide bonds. The maximum atomic E-state index is 12.0. The van der Waals surface area contributed by atoms with E-state index in [1.54, 1.807) is 0 Å². The Bertz CT molecular complexity index is 479. The van der Waals surface area contributed by atoms with Gasteiger partial charge in [-0.1, -0.05) is 55.5 Å². The molecular formula is C18H34BrO7PS. The van der Waals surface area contributed by atoms with E-state index < -0.39 is 12.8 Å². The molecule has 0 aliphatic carbocycles. The molecule has 0 aliphatic rings. The largest absolute Gasteiger partial charge is 0.462 e. The second kappa shape index (κ2) is 17.8. The van der Waals surface area contributed by atoms with Crippen LogP contribution in [0.1, 0.15) is 65.2 Å². The van der Waals surface area contributed by atoms with Crippen molar-refractivity contribution in [1.29, 1.82) is 0 Å². The Labute approximate surface area is 182 Å². The summed E-state index contributed by atoms with van der Waals surface area (Å²) in [7, 11) is 1.41. The summed E-state index contributed by atoms with van der Waals surface area (Å²) in [5.41, 5.74) is 0. The second-order valence-corrected chi connectivity index (χ2v) is 10.1. The lowest BCUT2D eigenvalue weighted by Gasteiger charge is -2.23. The Hall–Kier alpha value is -0.0500. The van der Waals surface area contributed by atoms with Crippen molar-refractivity contribution in [3.05, 3.63) is 0 Å². The normalized spacial score (nSPS) is 14.3. The zero-order chi connectivity index (χ0) is 21.3. The van der Waals surface area contributed by atoms with Crippen molar-refractivity contribution in [3.8, 4) is 0 Å². The van der Waals surface area contributed by atoms with Gasteiger partial charge in [0.1, 0.15) is 6.61 Å². The van der Waals surface area contributed by atoms with E-state index in [4.69, 9.17) is 34.9 Å². The summed E-state index contributed by atoms with van der Waals surface area (Å²) in [6.07, 6.45) is 5.38. The van der Waals surface area contributed by atoms with Gasteiger partial charge in [-0.15, -0.1) is 0 Å². The second-order valence-electron chi connectivity index (χ2n) is 6.16. The summed E-state index contributed by atoms with van der Waals surface area (Å²) in [5, 5.41) is 0.587. The third-order valence-corrected chi connectivity index (χ3v) is 6.48. The Morgan fingerprint density at radius 2 is 1.57 bits per heavy atom. The lowest BCUT2D eigenvalue weighted by atomic mass is 10.2. The van der Waals surface area contributed by atoms with Crippen LogP contribution in [0.25, 0.3) is 0 Å². The van der Waals surface area contributed by atoms with Gasteiger partial charge in [-0.3, -0.25) is 9.59 Å². The van der Waals surface area contributed by atoms with Crippen LogP contribution in [0.5, 0.6) is 0 Å². The van der Waals surface area contributed by atoms with Gasteiger partial charge >= 0.3 is 18.7 Å². The molecule has 0 aromatic carbocycles. The molecule has 0 bridgehead atoms. The fourth-order valence-corrected chi connectivity index (χ4v) is 3.89. The quantitative estimate of drug-likeness (QED) is 0.113. The zero-order valence-corrected chi connectivity index (χ0v) is 20.5. The number of hydrogen-bond acceptors (Lipinski definition) is 8. The molecular weight excluding hydrogens is 471 g/mol. The van der Waals surface area contributed by atoms with Crippen molar-refractivity contribution < 1.29 is 32.6 Å². The fourth-order valence-electron chi connectivity index (χ4n) is 2.12. The smallest absolute Gasteiger partial charge is 0.327 e. The van der Waals surface area contributed by atoms with Gasteiger partial charge in [-0.25, -0.2) is 0 Å². The van der Waals surface area contributed by atoms with E-state index in [2.05, 4.69) is 29.8 Å². The van der Waals surface area contributed by atoms with E-state index in [1.165, 1.54) is 7.11 Å². The number of alkyl halides is 1. The highest BCUT2D eigenvalue weighted by molar-refractivity contribution is 9.09. The number of carbonyl (C=O) groups excluding carboxylic acids is 2. The van der Waals surface area contributed by atoms with Gasteiger partial charge in [0, 0.05) is 25.3 Å². The Balaban J connectivity index is 4.66. The van der Waals surface area contributed by atoms with Crippen LogP contribution in [-0.2, 0) is 44.4 Å².